The molecule has 4 N–H and O–H groups in total. The zero-order valence-electron chi connectivity index (χ0n) is 5.85. The Morgan fingerprint density at radius 2 is 2.33 bits per heavy atom. The molecule has 0 aromatic rings. The van der Waals surface area contributed by atoms with E-state index in [4.69, 9.17) is 10.8 Å². The molecule has 0 amide bonds. The van der Waals surface area contributed by atoms with E-state index in [1.807, 2.05) is 0 Å². The number of methoxy groups -OCH3 is 1. The molecule has 0 aliphatic rings. The topological polar surface area (TPSA) is 67.5 Å². The van der Waals surface area contributed by atoms with E-state index in [9.17, 15) is 0 Å². The summed E-state index contributed by atoms with van der Waals surface area (Å²) in [4.78, 5) is 0. The quantitative estimate of drug-likeness (QED) is 0.335. The van der Waals surface area contributed by atoms with Gasteiger partial charge in [-0.3, -0.25) is 5.32 Å². The zero-order chi connectivity index (χ0) is 7.33. The molecule has 0 heterocycles. The van der Waals surface area contributed by atoms with Gasteiger partial charge in [0.05, 0.1) is 6.73 Å². The molecule has 1 atom stereocenters. The van der Waals surface area contributed by atoms with Crippen LogP contribution in [0.15, 0.2) is 0 Å². The molecule has 0 radical (unpaired) electrons. The number of nitrogens with one attached hydrogen (secondary N) is 1. The van der Waals surface area contributed by atoms with Crippen LogP contribution >= 0.6 is 0 Å². The third-order valence-electron chi connectivity index (χ3n) is 0.729. The standard InChI is InChI=1S/C5H14N2O2/c1-5(6,8)3-7-4-9-2/h7-8H,3-4,6H2,1-2H3. The first-order chi connectivity index (χ1) is 4.06. The fourth-order valence-corrected chi connectivity index (χ4v) is 0.406. The predicted octanol–water partition coefficient (Wildman–Crippen LogP) is -1.15. The van der Waals surface area contributed by atoms with Crippen LogP contribution in [0.5, 0.6) is 0 Å². The molecule has 0 aliphatic heterocycles. The van der Waals surface area contributed by atoms with Gasteiger partial charge in [-0.2, -0.15) is 0 Å². The van der Waals surface area contributed by atoms with Crippen LogP contribution < -0.4 is 11.1 Å². The maximum absolute atomic E-state index is 8.90. The van der Waals surface area contributed by atoms with Crippen molar-refractivity contribution in [1.82, 2.24) is 5.32 Å². The summed E-state index contributed by atoms with van der Waals surface area (Å²) in [5.41, 5.74) is 4.07. The fourth-order valence-electron chi connectivity index (χ4n) is 0.406. The first-order valence-electron chi connectivity index (χ1n) is 2.77. The molecule has 0 rings (SSSR count). The molecule has 4 nitrogen and oxygen atoms in total. The summed E-state index contributed by atoms with van der Waals surface area (Å²) in [6, 6.07) is 0. The largest absolute Gasteiger partial charge is 0.375 e. The Kier molecular flexibility index (Phi) is 3.72. The van der Waals surface area contributed by atoms with Crippen LogP contribution in [0, 0.1) is 0 Å². The SMILES string of the molecule is COCNCC(C)(N)O. The van der Waals surface area contributed by atoms with E-state index in [0.717, 1.165) is 0 Å². The molecule has 9 heavy (non-hydrogen) atoms. The number of hydrogen-bond donors (Lipinski definition) is 3. The lowest BCUT2D eigenvalue weighted by atomic mass is 10.3. The maximum atomic E-state index is 8.90. The lowest BCUT2D eigenvalue weighted by Crippen LogP contribution is -2.46. The third-order valence-corrected chi connectivity index (χ3v) is 0.729. The van der Waals surface area contributed by atoms with E-state index in [-0.39, 0.29) is 0 Å². The Morgan fingerprint density at radius 3 is 2.67 bits per heavy atom. The molecule has 56 valence electrons. The van der Waals surface area contributed by atoms with E-state index in [0.29, 0.717) is 13.3 Å². The Hall–Kier alpha value is -0.160. The molecule has 0 aliphatic carbocycles. The van der Waals surface area contributed by atoms with Gasteiger partial charge < -0.3 is 15.6 Å². The smallest absolute Gasteiger partial charge is 0.123 e. The highest BCUT2D eigenvalue weighted by Gasteiger charge is 2.10. The minimum atomic E-state index is -1.14. The van der Waals surface area contributed by atoms with E-state index < -0.39 is 5.72 Å². The summed E-state index contributed by atoms with van der Waals surface area (Å²) < 4.78 is 4.66. The Morgan fingerprint density at radius 1 is 1.78 bits per heavy atom. The highest BCUT2D eigenvalue weighted by Crippen LogP contribution is 1.86. The van der Waals surface area contributed by atoms with Gasteiger partial charge in [-0.1, -0.05) is 0 Å². The second-order valence-corrected chi connectivity index (χ2v) is 2.22. The normalized spacial score (nSPS) is 17.3. The molecular formula is C5H14N2O2. The van der Waals surface area contributed by atoms with Crippen LogP contribution in [0.2, 0.25) is 0 Å². The molecular weight excluding hydrogens is 120 g/mol. The summed E-state index contributed by atoms with van der Waals surface area (Å²) >= 11 is 0. The van der Waals surface area contributed by atoms with Crippen molar-refractivity contribution in [2.75, 3.05) is 20.4 Å². The van der Waals surface area contributed by atoms with Crippen LogP contribution in [0.25, 0.3) is 0 Å². The van der Waals surface area contributed by atoms with Crippen molar-refractivity contribution < 1.29 is 9.84 Å². The van der Waals surface area contributed by atoms with Crippen LogP contribution in [-0.4, -0.2) is 31.2 Å². The van der Waals surface area contributed by atoms with Gasteiger partial charge in [0, 0.05) is 13.7 Å². The molecule has 0 spiro atoms. The van der Waals surface area contributed by atoms with Crippen LogP contribution in [0.4, 0.5) is 0 Å². The number of aliphatic hydroxyl groups is 1. The molecule has 0 saturated carbocycles. The van der Waals surface area contributed by atoms with Crippen LogP contribution in [0.1, 0.15) is 6.92 Å². The first-order valence-corrected chi connectivity index (χ1v) is 2.77. The Balaban J connectivity index is 3.07. The lowest BCUT2D eigenvalue weighted by molar-refractivity contribution is 0.0537. The average molecular weight is 134 g/mol. The number of hydrogen-bond acceptors (Lipinski definition) is 4. The summed E-state index contributed by atoms with van der Waals surface area (Å²) in [5.74, 6) is 0. The van der Waals surface area contributed by atoms with E-state index in [1.54, 1.807) is 7.11 Å². The highest BCUT2D eigenvalue weighted by atomic mass is 16.5. The van der Waals surface area contributed by atoms with Crippen molar-refractivity contribution in [2.45, 2.75) is 12.6 Å². The summed E-state index contributed by atoms with van der Waals surface area (Å²) in [5, 5.41) is 11.7. The van der Waals surface area contributed by atoms with Gasteiger partial charge in [0.2, 0.25) is 0 Å². The van der Waals surface area contributed by atoms with Crippen molar-refractivity contribution in [3.05, 3.63) is 0 Å². The number of ether oxygens (including phenoxy) is 1. The third kappa shape index (κ3) is 7.84. The van der Waals surface area contributed by atoms with Crippen molar-refractivity contribution in [3.8, 4) is 0 Å². The van der Waals surface area contributed by atoms with Gasteiger partial charge >= 0.3 is 0 Å². The molecule has 4 heteroatoms. The predicted molar refractivity (Wildman–Crippen MR) is 34.7 cm³/mol. The molecule has 0 bridgehead atoms. The summed E-state index contributed by atoms with van der Waals surface area (Å²) in [6.45, 7) is 2.27. The molecule has 0 saturated heterocycles. The van der Waals surface area contributed by atoms with Crippen molar-refractivity contribution in [2.24, 2.45) is 5.73 Å². The molecule has 0 fully saturated rings. The van der Waals surface area contributed by atoms with E-state index in [1.165, 1.54) is 6.92 Å². The zero-order valence-corrected chi connectivity index (χ0v) is 5.85. The number of rotatable bonds is 4. The molecule has 0 aromatic heterocycles. The van der Waals surface area contributed by atoms with Gasteiger partial charge in [-0.05, 0) is 6.92 Å². The summed E-state index contributed by atoms with van der Waals surface area (Å²) in [7, 11) is 1.57. The second kappa shape index (κ2) is 3.79. The molecule has 0 aromatic carbocycles. The fraction of sp³-hybridized carbons (Fsp3) is 1.00. The minimum Gasteiger partial charge on any atom is -0.375 e. The van der Waals surface area contributed by atoms with Gasteiger partial charge in [0.1, 0.15) is 5.72 Å². The second-order valence-electron chi connectivity index (χ2n) is 2.22. The maximum Gasteiger partial charge on any atom is 0.123 e. The summed E-state index contributed by atoms with van der Waals surface area (Å²) in [6.07, 6.45) is 0. The highest BCUT2D eigenvalue weighted by molar-refractivity contribution is 4.64. The van der Waals surface area contributed by atoms with Gasteiger partial charge in [0.25, 0.3) is 0 Å². The van der Waals surface area contributed by atoms with Crippen molar-refractivity contribution in [1.29, 1.82) is 0 Å². The lowest BCUT2D eigenvalue weighted by Gasteiger charge is -2.16. The van der Waals surface area contributed by atoms with E-state index >= 15 is 0 Å². The van der Waals surface area contributed by atoms with Gasteiger partial charge in [0.15, 0.2) is 0 Å². The Bertz CT molecular complexity index is 69.8. The van der Waals surface area contributed by atoms with Gasteiger partial charge in [-0.25, -0.2) is 0 Å². The van der Waals surface area contributed by atoms with Crippen molar-refractivity contribution in [3.63, 3.8) is 0 Å². The number of nitrogens with two attached hydrogens (primary N) is 1. The molecule has 1 unspecified atom stereocenters. The van der Waals surface area contributed by atoms with E-state index in [2.05, 4.69) is 10.1 Å². The van der Waals surface area contributed by atoms with Crippen LogP contribution in [-0.2, 0) is 4.74 Å². The van der Waals surface area contributed by atoms with Crippen LogP contribution in [0.3, 0.4) is 0 Å². The van der Waals surface area contributed by atoms with Gasteiger partial charge in [-0.15, -0.1) is 0 Å². The monoisotopic (exact) mass is 134 g/mol. The minimum absolute atomic E-state index is 0.334. The average Bonchev–Trinajstić information content (AvgIpc) is 1.63. The Labute approximate surface area is 55.0 Å². The first kappa shape index (κ1) is 8.84. The van der Waals surface area contributed by atoms with Crippen molar-refractivity contribution >= 4 is 0 Å².